The van der Waals surface area contributed by atoms with Crippen LogP contribution in [0.1, 0.15) is 36.0 Å². The van der Waals surface area contributed by atoms with Gasteiger partial charge in [0.15, 0.2) is 0 Å². The molecule has 252 valence electrons. The number of pyridine rings is 1. The molecule has 8 nitrogen and oxygen atoms in total. The Balaban J connectivity index is 1.14. The molecule has 0 unspecified atom stereocenters. The minimum atomic E-state index is -0.937. The normalized spacial score (nSPS) is 18.1. The molecule has 4 aromatic carbocycles. The number of benzene rings is 4. The monoisotopic (exact) mass is 674 g/mol. The van der Waals surface area contributed by atoms with Crippen LogP contribution in [0.2, 0.25) is 0 Å². The molecule has 1 fully saturated rings. The third-order valence-electron chi connectivity index (χ3n) is 9.00. The first-order chi connectivity index (χ1) is 24.0. The fourth-order valence-electron chi connectivity index (χ4n) is 6.36. The van der Waals surface area contributed by atoms with Gasteiger partial charge in [0.05, 0.1) is 24.8 Å². The minimum Gasteiger partial charge on any atom is -0.453 e. The maximum Gasteiger partial charge on any atom is 0.407 e. The predicted octanol–water partition coefficient (Wildman–Crippen LogP) is 7.20. The second kappa shape index (κ2) is 16.6. The minimum absolute atomic E-state index is 0.0222. The number of alkyl carbamates (subject to hydrolysis) is 1. The van der Waals surface area contributed by atoms with Crippen LogP contribution in [0.4, 0.5) is 10.5 Å². The highest BCUT2D eigenvalue weighted by atomic mass is 32.2. The van der Waals surface area contributed by atoms with Gasteiger partial charge in [-0.05, 0) is 60.7 Å². The highest BCUT2D eigenvalue weighted by Gasteiger charge is 2.33. The zero-order valence-electron chi connectivity index (χ0n) is 27.8. The van der Waals surface area contributed by atoms with Crippen LogP contribution < -0.4 is 16.0 Å². The highest BCUT2D eigenvalue weighted by Crippen LogP contribution is 2.31. The lowest BCUT2D eigenvalue weighted by molar-refractivity contribution is -0.118. The van der Waals surface area contributed by atoms with E-state index in [1.54, 1.807) is 11.8 Å². The fourth-order valence-corrected chi connectivity index (χ4v) is 7.57. The number of para-hydroxylation sites is 1. The van der Waals surface area contributed by atoms with E-state index in [0.717, 1.165) is 46.3 Å². The van der Waals surface area contributed by atoms with E-state index in [1.165, 1.54) is 12.0 Å². The van der Waals surface area contributed by atoms with Crippen LogP contribution >= 0.6 is 11.8 Å². The number of carbonyl (C=O) groups excluding carboxylic acids is 2. The number of rotatable bonds is 12. The molecule has 1 aromatic heterocycles. The first-order valence-electron chi connectivity index (χ1n) is 16.7. The molecule has 0 radical (unpaired) electrons. The Labute approximate surface area is 292 Å². The number of hydrogen-bond acceptors (Lipinski definition) is 7. The molecule has 9 heteroatoms. The van der Waals surface area contributed by atoms with E-state index in [1.807, 2.05) is 103 Å². The van der Waals surface area contributed by atoms with Crippen LogP contribution in [-0.4, -0.2) is 60.7 Å². The topological polar surface area (TPSA) is 102 Å². The number of thioether (sulfide) groups is 1. The number of anilines is 1. The van der Waals surface area contributed by atoms with Crippen molar-refractivity contribution in [3.8, 4) is 0 Å². The Morgan fingerprint density at radius 2 is 1.63 bits per heavy atom. The number of morpholine rings is 1. The molecule has 0 spiro atoms. The lowest BCUT2D eigenvalue weighted by Gasteiger charge is -2.36. The van der Waals surface area contributed by atoms with Crippen molar-refractivity contribution in [1.82, 2.24) is 15.6 Å². The van der Waals surface area contributed by atoms with Gasteiger partial charge in [0, 0.05) is 46.4 Å². The quantitative estimate of drug-likeness (QED) is 0.120. The molecule has 1 saturated heterocycles. The zero-order valence-corrected chi connectivity index (χ0v) is 28.6. The Kier molecular flexibility index (Phi) is 11.6. The van der Waals surface area contributed by atoms with Crippen molar-refractivity contribution < 1.29 is 19.1 Å². The SMILES string of the molecule is COC(=O)N[C@H](C(=O)Nc1ccccc1CC[C@@H]1CN[C@H](C)[C@@H](CSc2cccc3ncccc23)O1)C(c1ccccc1)c1ccccc1. The van der Waals surface area contributed by atoms with Crippen LogP contribution in [0.25, 0.3) is 10.9 Å². The number of nitrogens with one attached hydrogen (secondary N) is 3. The van der Waals surface area contributed by atoms with Gasteiger partial charge in [0.2, 0.25) is 5.91 Å². The molecule has 6 rings (SSSR count). The van der Waals surface area contributed by atoms with Gasteiger partial charge in [0.1, 0.15) is 6.04 Å². The fraction of sp³-hybridized carbons (Fsp3) is 0.275. The van der Waals surface area contributed by atoms with E-state index < -0.39 is 18.1 Å². The first kappa shape index (κ1) is 34.2. The number of aryl methyl sites for hydroxylation is 1. The molecule has 2 heterocycles. The summed E-state index contributed by atoms with van der Waals surface area (Å²) in [5, 5.41) is 10.8. The number of methoxy groups -OCH3 is 1. The van der Waals surface area contributed by atoms with Gasteiger partial charge in [-0.25, -0.2) is 4.79 Å². The zero-order chi connectivity index (χ0) is 34.0. The number of ether oxygens (including phenoxy) is 2. The molecule has 49 heavy (non-hydrogen) atoms. The van der Waals surface area contributed by atoms with Crippen molar-refractivity contribution in [2.75, 3.05) is 24.7 Å². The van der Waals surface area contributed by atoms with Gasteiger partial charge >= 0.3 is 6.09 Å². The molecule has 1 aliphatic rings. The summed E-state index contributed by atoms with van der Waals surface area (Å²) in [7, 11) is 1.30. The number of aromatic nitrogens is 1. The lowest BCUT2D eigenvalue weighted by Crippen LogP contribution is -2.52. The van der Waals surface area contributed by atoms with Crippen LogP contribution in [0.15, 0.2) is 126 Å². The largest absolute Gasteiger partial charge is 0.453 e. The molecule has 0 saturated carbocycles. The Bertz CT molecular complexity index is 1800. The highest BCUT2D eigenvalue weighted by molar-refractivity contribution is 7.99. The third-order valence-corrected chi connectivity index (χ3v) is 10.2. The van der Waals surface area contributed by atoms with Crippen LogP contribution in [0, 0.1) is 0 Å². The molecular weight excluding hydrogens is 633 g/mol. The average molecular weight is 675 g/mol. The van der Waals surface area contributed by atoms with Crippen LogP contribution in [0.5, 0.6) is 0 Å². The summed E-state index contributed by atoms with van der Waals surface area (Å²) in [6.07, 6.45) is 2.71. The van der Waals surface area contributed by atoms with Crippen molar-refractivity contribution in [3.05, 3.63) is 138 Å². The van der Waals surface area contributed by atoms with E-state index in [2.05, 4.69) is 46.1 Å². The molecule has 2 amide bonds. The van der Waals surface area contributed by atoms with Crippen molar-refractivity contribution in [2.45, 2.75) is 54.9 Å². The first-order valence-corrected chi connectivity index (χ1v) is 17.7. The van der Waals surface area contributed by atoms with Crippen molar-refractivity contribution in [3.63, 3.8) is 0 Å². The smallest absolute Gasteiger partial charge is 0.407 e. The summed E-state index contributed by atoms with van der Waals surface area (Å²) >= 11 is 1.80. The van der Waals surface area contributed by atoms with Gasteiger partial charge in [-0.3, -0.25) is 9.78 Å². The molecule has 0 bridgehead atoms. The van der Waals surface area contributed by atoms with E-state index in [0.29, 0.717) is 12.1 Å². The summed E-state index contributed by atoms with van der Waals surface area (Å²) in [6, 6.07) is 36.9. The van der Waals surface area contributed by atoms with E-state index >= 15 is 0 Å². The molecule has 3 N–H and O–H groups in total. The summed E-state index contributed by atoms with van der Waals surface area (Å²) in [5.41, 5.74) is 4.51. The molecule has 5 aromatic rings. The molecule has 0 aliphatic carbocycles. The van der Waals surface area contributed by atoms with Gasteiger partial charge in [0.25, 0.3) is 0 Å². The standard InChI is InChI=1S/C40H42N4O4S/c1-27-35(26-49-36-21-11-20-34-32(36)18-12-24-41-34)48-31(25-42-27)23-22-28-13-9-10-19-33(28)43-39(45)38(44-40(46)47-2)37(29-14-5-3-6-15-29)30-16-7-4-8-17-30/h3-21,24,27,31,35,37-38,42H,22-23,25-26H2,1-2H3,(H,43,45)(H,44,46)/t27-,31-,35-,38+/m1/s1. The van der Waals surface area contributed by atoms with Gasteiger partial charge in [-0.1, -0.05) is 91.0 Å². The van der Waals surface area contributed by atoms with Crippen molar-refractivity contribution >= 4 is 40.4 Å². The summed E-state index contributed by atoms with van der Waals surface area (Å²) < 4.78 is 11.6. The summed E-state index contributed by atoms with van der Waals surface area (Å²) in [6.45, 7) is 2.93. The van der Waals surface area contributed by atoms with Gasteiger partial charge < -0.3 is 25.4 Å². The average Bonchev–Trinajstić information content (AvgIpc) is 3.15. The van der Waals surface area contributed by atoms with Crippen molar-refractivity contribution in [1.29, 1.82) is 0 Å². The van der Waals surface area contributed by atoms with Crippen LogP contribution in [-0.2, 0) is 20.7 Å². The lowest BCUT2D eigenvalue weighted by atomic mass is 9.84. The number of carbonyl (C=O) groups is 2. The van der Waals surface area contributed by atoms with Crippen molar-refractivity contribution in [2.24, 2.45) is 0 Å². The summed E-state index contributed by atoms with van der Waals surface area (Å²) in [5.74, 6) is 0.0437. The number of hydrogen-bond donors (Lipinski definition) is 3. The second-order valence-electron chi connectivity index (χ2n) is 12.2. The van der Waals surface area contributed by atoms with E-state index in [4.69, 9.17) is 9.47 Å². The predicted molar refractivity (Wildman–Crippen MR) is 196 cm³/mol. The molecule has 4 atom stereocenters. The van der Waals surface area contributed by atoms with E-state index in [9.17, 15) is 9.59 Å². The maximum atomic E-state index is 14.1. The molecular formula is C40H42N4O4S. The Morgan fingerprint density at radius 3 is 2.37 bits per heavy atom. The maximum absolute atomic E-state index is 14.1. The number of fused-ring (bicyclic) bond motifs is 1. The molecule has 1 aliphatic heterocycles. The number of amides is 2. The number of nitrogens with zero attached hydrogens (tertiary/aromatic N) is 1. The third kappa shape index (κ3) is 8.67. The van der Waals surface area contributed by atoms with Crippen LogP contribution in [0.3, 0.4) is 0 Å². The second-order valence-corrected chi connectivity index (χ2v) is 13.3. The van der Waals surface area contributed by atoms with Gasteiger partial charge in [-0.2, -0.15) is 0 Å². The summed E-state index contributed by atoms with van der Waals surface area (Å²) in [4.78, 5) is 32.4. The Morgan fingerprint density at radius 1 is 0.918 bits per heavy atom. The van der Waals surface area contributed by atoms with E-state index in [-0.39, 0.29) is 24.2 Å². The van der Waals surface area contributed by atoms with Gasteiger partial charge in [-0.15, -0.1) is 11.8 Å². The Hall–Kier alpha value is -4.70.